The van der Waals surface area contributed by atoms with Crippen molar-refractivity contribution in [3.63, 3.8) is 0 Å². The summed E-state index contributed by atoms with van der Waals surface area (Å²) in [5, 5.41) is 5.53. The van der Waals surface area contributed by atoms with E-state index in [1.54, 1.807) is 0 Å². The van der Waals surface area contributed by atoms with E-state index in [9.17, 15) is 4.79 Å². The molecule has 1 aliphatic rings. The summed E-state index contributed by atoms with van der Waals surface area (Å²) >= 11 is 0. The van der Waals surface area contributed by atoms with Gasteiger partial charge in [-0.1, -0.05) is 30.7 Å². The Bertz CT molecular complexity index is 660. The largest absolute Gasteiger partial charge is 0.317 e. The normalized spacial score (nSPS) is 15.0. The second-order valence-electron chi connectivity index (χ2n) is 5.82. The standard InChI is InChI=1S/C18H22N2O/c1-13(19-2)7-3-4-12-20-16-11-6-9-14-8-5-10-15(17(14)16)18(20)21/h5-6,8-11,13,19H,3-4,7,12H2,1-2H3. The van der Waals surface area contributed by atoms with E-state index in [-0.39, 0.29) is 5.91 Å². The summed E-state index contributed by atoms with van der Waals surface area (Å²) in [6.45, 7) is 3.00. The van der Waals surface area contributed by atoms with Crippen LogP contribution in [0.3, 0.4) is 0 Å². The van der Waals surface area contributed by atoms with Gasteiger partial charge in [0.25, 0.3) is 5.91 Å². The van der Waals surface area contributed by atoms with Crippen LogP contribution in [0.1, 0.15) is 36.5 Å². The third-order valence-corrected chi connectivity index (χ3v) is 4.41. The summed E-state index contributed by atoms with van der Waals surface area (Å²) in [6, 6.07) is 12.7. The third-order valence-electron chi connectivity index (χ3n) is 4.41. The summed E-state index contributed by atoms with van der Waals surface area (Å²) in [5.41, 5.74) is 1.93. The van der Waals surface area contributed by atoms with Crippen molar-refractivity contribution in [3.05, 3.63) is 42.0 Å². The van der Waals surface area contributed by atoms with Crippen molar-refractivity contribution in [3.8, 4) is 0 Å². The molecule has 0 bridgehead atoms. The van der Waals surface area contributed by atoms with Crippen LogP contribution < -0.4 is 10.2 Å². The Morgan fingerprint density at radius 2 is 1.90 bits per heavy atom. The summed E-state index contributed by atoms with van der Waals surface area (Å²) in [7, 11) is 1.99. The molecule has 0 aromatic heterocycles. The van der Waals surface area contributed by atoms with Crippen molar-refractivity contribution < 1.29 is 4.79 Å². The van der Waals surface area contributed by atoms with E-state index in [2.05, 4.69) is 30.4 Å². The van der Waals surface area contributed by atoms with Crippen LogP contribution in [0.15, 0.2) is 36.4 Å². The Hall–Kier alpha value is -1.87. The Morgan fingerprint density at radius 3 is 2.67 bits per heavy atom. The highest BCUT2D eigenvalue weighted by molar-refractivity contribution is 6.24. The van der Waals surface area contributed by atoms with E-state index in [1.807, 2.05) is 30.1 Å². The molecule has 0 fully saturated rings. The minimum Gasteiger partial charge on any atom is -0.317 e. The fourth-order valence-electron chi connectivity index (χ4n) is 3.07. The van der Waals surface area contributed by atoms with Gasteiger partial charge >= 0.3 is 0 Å². The Morgan fingerprint density at radius 1 is 1.14 bits per heavy atom. The van der Waals surface area contributed by atoms with Crippen LogP contribution in [0.25, 0.3) is 10.8 Å². The SMILES string of the molecule is CNC(C)CCCCN1C(=O)c2cccc3cccc1c23. The molecule has 1 N–H and O–H groups in total. The van der Waals surface area contributed by atoms with Crippen molar-refractivity contribution in [1.82, 2.24) is 5.32 Å². The second kappa shape index (κ2) is 5.86. The average molecular weight is 282 g/mol. The van der Waals surface area contributed by atoms with E-state index in [1.165, 1.54) is 0 Å². The molecule has 1 atom stereocenters. The van der Waals surface area contributed by atoms with Gasteiger partial charge in [0.2, 0.25) is 0 Å². The molecule has 0 radical (unpaired) electrons. The van der Waals surface area contributed by atoms with Crippen LogP contribution in [0.5, 0.6) is 0 Å². The van der Waals surface area contributed by atoms with Gasteiger partial charge in [-0.05, 0) is 44.3 Å². The molecular formula is C18H22N2O. The lowest BCUT2D eigenvalue weighted by molar-refractivity contribution is 0.0992. The smallest absolute Gasteiger partial charge is 0.258 e. The van der Waals surface area contributed by atoms with Crippen LogP contribution in [-0.4, -0.2) is 25.5 Å². The molecule has 0 aliphatic carbocycles. The van der Waals surface area contributed by atoms with Crippen molar-refractivity contribution in [2.45, 2.75) is 32.2 Å². The second-order valence-corrected chi connectivity index (χ2v) is 5.82. The lowest BCUT2D eigenvalue weighted by Gasteiger charge is -2.18. The number of rotatable bonds is 6. The number of nitrogens with one attached hydrogen (secondary N) is 1. The topological polar surface area (TPSA) is 32.3 Å². The fourth-order valence-corrected chi connectivity index (χ4v) is 3.07. The van der Waals surface area contributed by atoms with Crippen molar-refractivity contribution in [2.24, 2.45) is 0 Å². The lowest BCUT2D eigenvalue weighted by Crippen LogP contribution is -2.28. The predicted octanol–water partition coefficient (Wildman–Crippen LogP) is 3.58. The lowest BCUT2D eigenvalue weighted by atomic mass is 10.1. The van der Waals surface area contributed by atoms with Crippen molar-refractivity contribution >= 4 is 22.4 Å². The number of amides is 1. The maximum atomic E-state index is 12.6. The zero-order valence-corrected chi connectivity index (χ0v) is 12.7. The minimum atomic E-state index is 0.156. The van der Waals surface area contributed by atoms with Crippen LogP contribution in [0.2, 0.25) is 0 Å². The molecule has 3 nitrogen and oxygen atoms in total. The van der Waals surface area contributed by atoms with Crippen molar-refractivity contribution in [1.29, 1.82) is 0 Å². The first-order chi connectivity index (χ1) is 10.2. The molecule has 0 spiro atoms. The quantitative estimate of drug-likeness (QED) is 0.821. The Labute approximate surface area is 125 Å². The first-order valence-corrected chi connectivity index (χ1v) is 7.73. The Balaban J connectivity index is 1.74. The summed E-state index contributed by atoms with van der Waals surface area (Å²) in [4.78, 5) is 14.5. The van der Waals surface area contributed by atoms with Gasteiger partial charge in [-0.25, -0.2) is 0 Å². The molecule has 2 aromatic rings. The number of unbranched alkanes of at least 4 members (excludes halogenated alkanes) is 1. The van der Waals surface area contributed by atoms with E-state index in [0.29, 0.717) is 6.04 Å². The number of hydrogen-bond acceptors (Lipinski definition) is 2. The maximum Gasteiger partial charge on any atom is 0.258 e. The number of nitrogens with zero attached hydrogens (tertiary/aromatic N) is 1. The molecule has 3 rings (SSSR count). The summed E-state index contributed by atoms with van der Waals surface area (Å²) in [6.07, 6.45) is 3.33. The van der Waals surface area contributed by atoms with Crippen LogP contribution >= 0.6 is 0 Å². The zero-order chi connectivity index (χ0) is 14.8. The zero-order valence-electron chi connectivity index (χ0n) is 12.7. The highest BCUT2D eigenvalue weighted by Gasteiger charge is 2.28. The molecule has 1 heterocycles. The molecule has 2 aromatic carbocycles. The van der Waals surface area contributed by atoms with Gasteiger partial charge in [-0.2, -0.15) is 0 Å². The van der Waals surface area contributed by atoms with Gasteiger partial charge in [0.1, 0.15) is 0 Å². The Kier molecular flexibility index (Phi) is 3.93. The molecule has 0 saturated carbocycles. The monoisotopic (exact) mass is 282 g/mol. The van der Waals surface area contributed by atoms with Gasteiger partial charge in [0.15, 0.2) is 0 Å². The van der Waals surface area contributed by atoms with Gasteiger partial charge in [-0.15, -0.1) is 0 Å². The molecule has 1 aliphatic heterocycles. The van der Waals surface area contributed by atoms with Crippen LogP contribution in [-0.2, 0) is 0 Å². The highest BCUT2D eigenvalue weighted by atomic mass is 16.2. The average Bonchev–Trinajstić information content (AvgIpc) is 2.79. The van der Waals surface area contributed by atoms with E-state index < -0.39 is 0 Å². The van der Waals surface area contributed by atoms with E-state index in [0.717, 1.165) is 47.8 Å². The molecular weight excluding hydrogens is 260 g/mol. The van der Waals surface area contributed by atoms with Crippen molar-refractivity contribution in [2.75, 3.05) is 18.5 Å². The van der Waals surface area contributed by atoms with E-state index in [4.69, 9.17) is 0 Å². The first-order valence-electron chi connectivity index (χ1n) is 7.73. The summed E-state index contributed by atoms with van der Waals surface area (Å²) < 4.78 is 0. The maximum absolute atomic E-state index is 12.6. The van der Waals surface area contributed by atoms with E-state index >= 15 is 0 Å². The molecule has 21 heavy (non-hydrogen) atoms. The predicted molar refractivity (Wildman–Crippen MR) is 88.0 cm³/mol. The minimum absolute atomic E-state index is 0.156. The first kappa shape index (κ1) is 14.1. The van der Waals surface area contributed by atoms with Gasteiger partial charge in [0.05, 0.1) is 5.69 Å². The van der Waals surface area contributed by atoms with Gasteiger partial charge < -0.3 is 10.2 Å². The number of anilines is 1. The fraction of sp³-hybridized carbons (Fsp3) is 0.389. The van der Waals surface area contributed by atoms with Crippen LogP contribution in [0, 0.1) is 0 Å². The summed E-state index contributed by atoms with van der Waals surface area (Å²) in [5.74, 6) is 0.156. The molecule has 3 heteroatoms. The number of benzene rings is 2. The molecule has 1 amide bonds. The third kappa shape index (κ3) is 2.54. The molecule has 0 saturated heterocycles. The highest BCUT2D eigenvalue weighted by Crippen LogP contribution is 2.37. The van der Waals surface area contributed by atoms with Crippen LogP contribution in [0.4, 0.5) is 5.69 Å². The number of carbonyl (C=O) groups is 1. The number of carbonyl (C=O) groups excluding carboxylic acids is 1. The van der Waals surface area contributed by atoms with Gasteiger partial charge in [-0.3, -0.25) is 4.79 Å². The number of hydrogen-bond donors (Lipinski definition) is 1. The molecule has 1 unspecified atom stereocenters. The van der Waals surface area contributed by atoms with Gasteiger partial charge in [0, 0.05) is 23.5 Å². The molecule has 110 valence electrons.